The lowest BCUT2D eigenvalue weighted by Crippen LogP contribution is -2.54. The van der Waals surface area contributed by atoms with Crippen LogP contribution in [0.3, 0.4) is 0 Å². The Bertz CT molecular complexity index is 543. The number of hydrogen-bond donors (Lipinski definition) is 3. The molecule has 0 spiro atoms. The molecule has 4 unspecified atom stereocenters. The molecule has 4 atom stereocenters. The normalized spacial score (nSPS) is 32.4. The topological polar surface area (TPSA) is 102 Å². The molecule has 0 radical (unpaired) electrons. The number of alkyl halides is 2. The highest BCUT2D eigenvalue weighted by Gasteiger charge is 2.62. The maximum Gasteiger partial charge on any atom is 0.407 e. The van der Waals surface area contributed by atoms with Gasteiger partial charge in [0.05, 0.1) is 0 Å². The third-order valence-electron chi connectivity index (χ3n) is 6.79. The Morgan fingerprint density at radius 1 is 1.40 bits per heavy atom. The van der Waals surface area contributed by atoms with Crippen LogP contribution in [0, 0.1) is 16.7 Å². The van der Waals surface area contributed by atoms with Gasteiger partial charge in [-0.2, -0.15) is 0 Å². The van der Waals surface area contributed by atoms with Gasteiger partial charge in [-0.3, -0.25) is 0 Å². The first-order chi connectivity index (χ1) is 11.4. The lowest BCUT2D eigenvalue weighted by molar-refractivity contribution is -0.150. The van der Waals surface area contributed by atoms with Gasteiger partial charge in [0, 0.05) is 12.0 Å². The van der Waals surface area contributed by atoms with Crippen molar-refractivity contribution < 1.29 is 28.2 Å². The number of nitrogens with one attached hydrogen (secondary N) is 1. The molecular weight excluding hydrogens is 334 g/mol. The van der Waals surface area contributed by atoms with Crippen LogP contribution in [0.4, 0.5) is 13.6 Å². The van der Waals surface area contributed by atoms with E-state index in [9.17, 15) is 18.4 Å². The summed E-state index contributed by atoms with van der Waals surface area (Å²) in [6.45, 7) is 6.61. The van der Waals surface area contributed by atoms with Crippen LogP contribution in [-0.4, -0.2) is 41.8 Å². The first-order valence-corrected chi connectivity index (χ1v) is 8.70. The summed E-state index contributed by atoms with van der Waals surface area (Å²) in [6, 6.07) is 0. The van der Waals surface area contributed by atoms with Gasteiger partial charge < -0.3 is 20.9 Å². The molecule has 25 heavy (non-hydrogen) atoms. The van der Waals surface area contributed by atoms with E-state index in [2.05, 4.69) is 26.1 Å². The molecule has 0 aliphatic heterocycles. The molecule has 0 heterocycles. The molecule has 144 valence electrons. The van der Waals surface area contributed by atoms with Crippen LogP contribution >= 0.6 is 0 Å². The third kappa shape index (κ3) is 3.32. The Kier molecular flexibility index (Phi) is 5.33. The summed E-state index contributed by atoms with van der Waals surface area (Å²) in [4.78, 5) is 22.9. The van der Waals surface area contributed by atoms with Gasteiger partial charge in [0.2, 0.25) is 0 Å². The van der Waals surface area contributed by atoms with Crippen LogP contribution in [0.2, 0.25) is 0 Å². The number of fused-ring (bicyclic) bond motifs is 2. The minimum Gasteiger partial charge on any atom is -0.480 e. The number of hydrogen-bond acceptors (Lipinski definition) is 4. The predicted octanol–water partition coefficient (Wildman–Crippen LogP) is 2.75. The minimum atomic E-state index is -3.17. The van der Waals surface area contributed by atoms with Crippen LogP contribution < -0.4 is 11.1 Å². The number of alkyl carbamates (subject to hydrolysis) is 1. The van der Waals surface area contributed by atoms with E-state index in [0.29, 0.717) is 5.92 Å². The molecule has 0 aromatic carbocycles. The predicted molar refractivity (Wildman–Crippen MR) is 87.3 cm³/mol. The van der Waals surface area contributed by atoms with Gasteiger partial charge in [-0.05, 0) is 43.4 Å². The molecular formula is C17H28F2N2O4. The van der Waals surface area contributed by atoms with E-state index in [4.69, 9.17) is 15.6 Å². The van der Waals surface area contributed by atoms with Gasteiger partial charge in [-0.15, -0.1) is 0 Å². The maximum atomic E-state index is 12.8. The zero-order chi connectivity index (χ0) is 19.0. The summed E-state index contributed by atoms with van der Waals surface area (Å²) in [5.41, 5.74) is 2.70. The van der Waals surface area contributed by atoms with E-state index < -0.39 is 30.4 Å². The molecule has 8 heteroatoms. The SMILES string of the molecule is CC1(C)C2CCC1(C)C(OC(=O)NCCCC(N)(C(=O)O)C(F)F)C2. The number of amides is 1. The van der Waals surface area contributed by atoms with E-state index in [1.807, 2.05) is 0 Å². The second-order valence-electron chi connectivity index (χ2n) is 8.18. The number of carboxylic acids is 1. The van der Waals surface area contributed by atoms with Crippen molar-refractivity contribution >= 4 is 12.1 Å². The van der Waals surface area contributed by atoms with E-state index >= 15 is 0 Å². The molecule has 2 rings (SSSR count). The van der Waals surface area contributed by atoms with Crippen molar-refractivity contribution in [1.82, 2.24) is 5.32 Å². The average molecular weight is 362 g/mol. The van der Waals surface area contributed by atoms with E-state index in [0.717, 1.165) is 19.3 Å². The Balaban J connectivity index is 1.78. The Hall–Kier alpha value is -1.44. The van der Waals surface area contributed by atoms with Crippen molar-refractivity contribution in [3.05, 3.63) is 0 Å². The minimum absolute atomic E-state index is 0.0261. The number of halogens is 2. The number of carboxylic acid groups (broad SMARTS) is 1. The smallest absolute Gasteiger partial charge is 0.407 e. The van der Waals surface area contributed by atoms with Gasteiger partial charge in [0.25, 0.3) is 6.43 Å². The quantitative estimate of drug-likeness (QED) is 0.605. The molecule has 1 amide bonds. The molecule has 4 N–H and O–H groups in total. The van der Waals surface area contributed by atoms with Gasteiger partial charge in [0.1, 0.15) is 6.10 Å². The molecule has 2 aliphatic rings. The van der Waals surface area contributed by atoms with Crippen molar-refractivity contribution in [2.24, 2.45) is 22.5 Å². The van der Waals surface area contributed by atoms with Crippen molar-refractivity contribution in [3.63, 3.8) is 0 Å². The second-order valence-corrected chi connectivity index (χ2v) is 8.18. The highest BCUT2D eigenvalue weighted by molar-refractivity contribution is 5.79. The summed E-state index contributed by atoms with van der Waals surface area (Å²) >= 11 is 0. The van der Waals surface area contributed by atoms with Crippen molar-refractivity contribution in [1.29, 1.82) is 0 Å². The summed E-state index contributed by atoms with van der Waals surface area (Å²) in [5.74, 6) is -1.21. The Morgan fingerprint density at radius 2 is 2.04 bits per heavy atom. The number of carbonyl (C=O) groups excluding carboxylic acids is 1. The van der Waals surface area contributed by atoms with E-state index in [-0.39, 0.29) is 29.9 Å². The molecule has 2 saturated carbocycles. The number of aliphatic carboxylic acids is 1. The third-order valence-corrected chi connectivity index (χ3v) is 6.79. The first kappa shape index (κ1) is 19.9. The fraction of sp³-hybridized carbons (Fsp3) is 0.882. The Labute approximate surface area is 146 Å². The summed E-state index contributed by atoms with van der Waals surface area (Å²) in [6.07, 6.45) is -1.33. The fourth-order valence-electron chi connectivity index (χ4n) is 4.36. The zero-order valence-electron chi connectivity index (χ0n) is 15.0. The van der Waals surface area contributed by atoms with Crippen LogP contribution in [0.25, 0.3) is 0 Å². The molecule has 2 aliphatic carbocycles. The van der Waals surface area contributed by atoms with Gasteiger partial charge in [-0.1, -0.05) is 20.8 Å². The van der Waals surface area contributed by atoms with Crippen molar-refractivity contribution in [3.8, 4) is 0 Å². The highest BCUT2D eigenvalue weighted by atomic mass is 19.3. The van der Waals surface area contributed by atoms with E-state index in [1.165, 1.54) is 0 Å². The zero-order valence-corrected chi connectivity index (χ0v) is 15.0. The van der Waals surface area contributed by atoms with Crippen molar-refractivity contribution in [2.75, 3.05) is 6.54 Å². The number of rotatable bonds is 7. The molecule has 0 aromatic rings. The molecule has 2 bridgehead atoms. The van der Waals surface area contributed by atoms with Gasteiger partial charge in [0.15, 0.2) is 5.54 Å². The molecule has 0 aromatic heterocycles. The van der Waals surface area contributed by atoms with Gasteiger partial charge >= 0.3 is 12.1 Å². The molecule has 6 nitrogen and oxygen atoms in total. The standard InChI is InChI=1S/C17H28F2N2O4/c1-15(2)10-5-7-16(15,3)11(9-10)25-14(24)21-8-4-6-17(20,12(18)19)13(22)23/h10-12H,4-9,20H2,1-3H3,(H,21,24)(H,22,23). The summed E-state index contributed by atoms with van der Waals surface area (Å²) < 4.78 is 31.1. The maximum absolute atomic E-state index is 12.8. The van der Waals surface area contributed by atoms with Crippen LogP contribution in [-0.2, 0) is 9.53 Å². The second kappa shape index (κ2) is 6.70. The molecule has 2 fully saturated rings. The first-order valence-electron chi connectivity index (χ1n) is 8.70. The van der Waals surface area contributed by atoms with E-state index in [1.54, 1.807) is 0 Å². The van der Waals surface area contributed by atoms with Crippen LogP contribution in [0.5, 0.6) is 0 Å². The van der Waals surface area contributed by atoms with Gasteiger partial charge in [-0.25, -0.2) is 18.4 Å². The fourth-order valence-corrected chi connectivity index (χ4v) is 4.36. The largest absolute Gasteiger partial charge is 0.480 e. The monoisotopic (exact) mass is 362 g/mol. The highest BCUT2D eigenvalue weighted by Crippen LogP contribution is 2.66. The van der Waals surface area contributed by atoms with Crippen molar-refractivity contribution in [2.45, 2.75) is 70.9 Å². The average Bonchev–Trinajstić information content (AvgIpc) is 2.84. The summed E-state index contributed by atoms with van der Waals surface area (Å²) in [5, 5.41) is 11.3. The Morgan fingerprint density at radius 3 is 2.48 bits per heavy atom. The van der Waals surface area contributed by atoms with Crippen LogP contribution in [0.15, 0.2) is 0 Å². The lowest BCUT2D eigenvalue weighted by atomic mass is 9.70. The number of nitrogens with two attached hydrogens (primary N) is 1. The lowest BCUT2D eigenvalue weighted by Gasteiger charge is -2.38. The molecule has 0 saturated heterocycles. The number of carbonyl (C=O) groups is 2. The summed E-state index contributed by atoms with van der Waals surface area (Å²) in [7, 11) is 0. The van der Waals surface area contributed by atoms with Crippen LogP contribution in [0.1, 0.15) is 52.9 Å². The number of ether oxygens (including phenoxy) is 1.